The monoisotopic (exact) mass is 279 g/mol. The van der Waals surface area contributed by atoms with Crippen molar-refractivity contribution in [2.45, 2.75) is 31.9 Å². The maximum Gasteiger partial charge on any atom is 0.128 e. The number of nitrogens with zero attached hydrogens (tertiary/aromatic N) is 2. The Morgan fingerprint density at radius 3 is 2.75 bits per heavy atom. The van der Waals surface area contributed by atoms with Crippen LogP contribution in [0.25, 0.3) is 0 Å². The lowest BCUT2D eigenvalue weighted by Crippen LogP contribution is -2.46. The molecule has 0 unspecified atom stereocenters. The zero-order valence-corrected chi connectivity index (χ0v) is 12.4. The first-order valence-corrected chi connectivity index (χ1v) is 7.30. The Kier molecular flexibility index (Phi) is 5.34. The molecule has 0 radical (unpaired) electrons. The summed E-state index contributed by atoms with van der Waals surface area (Å²) in [4.78, 5) is 6.49. The van der Waals surface area contributed by atoms with Gasteiger partial charge in [0.15, 0.2) is 0 Å². The summed E-state index contributed by atoms with van der Waals surface area (Å²) in [6.45, 7) is 5.75. The summed E-state index contributed by atoms with van der Waals surface area (Å²) < 4.78 is 5.30. The average Bonchev–Trinajstić information content (AvgIpc) is 2.46. The minimum Gasteiger partial charge on any atom is -0.388 e. The Balaban J connectivity index is 1.92. The smallest absolute Gasteiger partial charge is 0.128 e. The van der Waals surface area contributed by atoms with Gasteiger partial charge in [-0.05, 0) is 18.2 Å². The highest BCUT2D eigenvalue weighted by Gasteiger charge is 2.31. The second-order valence-corrected chi connectivity index (χ2v) is 5.50. The molecule has 1 aromatic heterocycles. The van der Waals surface area contributed by atoms with Crippen LogP contribution in [-0.2, 0) is 11.3 Å². The number of ether oxygens (including phenoxy) is 1. The van der Waals surface area contributed by atoms with Gasteiger partial charge in [-0.1, -0.05) is 13.0 Å². The molecule has 5 nitrogen and oxygen atoms in total. The van der Waals surface area contributed by atoms with Crippen molar-refractivity contribution in [2.24, 2.45) is 0 Å². The van der Waals surface area contributed by atoms with E-state index in [-0.39, 0.29) is 0 Å². The SMILES string of the molecule is CCNCc1ccc(N(C)CC2(O)CCOCC2)nc1. The van der Waals surface area contributed by atoms with Crippen LogP contribution in [0.5, 0.6) is 0 Å². The molecule has 0 amide bonds. The lowest BCUT2D eigenvalue weighted by Gasteiger charge is -2.35. The fourth-order valence-electron chi connectivity index (χ4n) is 2.45. The largest absolute Gasteiger partial charge is 0.388 e. The number of pyridine rings is 1. The van der Waals surface area contributed by atoms with E-state index in [2.05, 4.69) is 23.3 Å². The number of hydrogen-bond acceptors (Lipinski definition) is 5. The Bertz CT molecular complexity index is 402. The van der Waals surface area contributed by atoms with Gasteiger partial charge in [-0.15, -0.1) is 0 Å². The highest BCUT2D eigenvalue weighted by Crippen LogP contribution is 2.23. The van der Waals surface area contributed by atoms with Gasteiger partial charge in [-0.25, -0.2) is 4.98 Å². The van der Waals surface area contributed by atoms with E-state index in [0.29, 0.717) is 32.6 Å². The van der Waals surface area contributed by atoms with Crippen molar-refractivity contribution >= 4 is 5.82 Å². The topological polar surface area (TPSA) is 57.6 Å². The maximum atomic E-state index is 10.5. The number of rotatable bonds is 6. The van der Waals surface area contributed by atoms with Gasteiger partial charge in [0.05, 0.1) is 5.60 Å². The van der Waals surface area contributed by atoms with E-state index < -0.39 is 5.60 Å². The van der Waals surface area contributed by atoms with Crippen molar-refractivity contribution in [2.75, 3.05) is 38.3 Å². The van der Waals surface area contributed by atoms with Crippen LogP contribution in [0.2, 0.25) is 0 Å². The number of nitrogens with one attached hydrogen (secondary N) is 1. The zero-order valence-electron chi connectivity index (χ0n) is 12.4. The molecule has 2 N–H and O–H groups in total. The summed E-state index contributed by atoms with van der Waals surface area (Å²) in [5.41, 5.74) is 0.519. The van der Waals surface area contributed by atoms with Crippen LogP contribution in [-0.4, -0.2) is 49.0 Å². The van der Waals surface area contributed by atoms with E-state index in [1.165, 1.54) is 5.56 Å². The average molecular weight is 279 g/mol. The Hall–Kier alpha value is -1.17. The van der Waals surface area contributed by atoms with Crippen molar-refractivity contribution in [3.05, 3.63) is 23.9 Å². The first kappa shape index (κ1) is 15.2. The van der Waals surface area contributed by atoms with Crippen LogP contribution < -0.4 is 10.2 Å². The molecule has 20 heavy (non-hydrogen) atoms. The van der Waals surface area contributed by atoms with Crippen LogP contribution in [0, 0.1) is 0 Å². The summed E-state index contributed by atoms with van der Waals surface area (Å²) in [6.07, 6.45) is 3.27. The number of anilines is 1. The molecule has 0 atom stereocenters. The molecular formula is C15H25N3O2. The third kappa shape index (κ3) is 4.16. The normalized spacial score (nSPS) is 17.9. The van der Waals surface area contributed by atoms with Crippen molar-refractivity contribution in [1.82, 2.24) is 10.3 Å². The van der Waals surface area contributed by atoms with Crippen LogP contribution in [0.1, 0.15) is 25.3 Å². The Morgan fingerprint density at radius 2 is 2.15 bits per heavy atom. The standard InChI is InChI=1S/C15H25N3O2/c1-3-16-10-13-4-5-14(17-11-13)18(2)12-15(19)6-8-20-9-7-15/h4-5,11,16,19H,3,6-10,12H2,1-2H3. The molecule has 0 bridgehead atoms. The van der Waals surface area contributed by atoms with Gasteiger partial charge in [0.2, 0.25) is 0 Å². The molecule has 112 valence electrons. The lowest BCUT2D eigenvalue weighted by atomic mass is 9.94. The molecule has 1 aliphatic heterocycles. The van der Waals surface area contributed by atoms with Gasteiger partial charge in [-0.2, -0.15) is 0 Å². The van der Waals surface area contributed by atoms with Gasteiger partial charge in [-0.3, -0.25) is 0 Å². The zero-order chi connectivity index (χ0) is 14.4. The molecule has 1 saturated heterocycles. The van der Waals surface area contributed by atoms with Crippen molar-refractivity contribution in [1.29, 1.82) is 0 Å². The summed E-state index contributed by atoms with van der Waals surface area (Å²) in [6, 6.07) is 4.09. The number of aromatic nitrogens is 1. The second kappa shape index (κ2) is 7.02. The van der Waals surface area contributed by atoms with Crippen molar-refractivity contribution in [3.63, 3.8) is 0 Å². The fourth-order valence-corrected chi connectivity index (χ4v) is 2.45. The quantitative estimate of drug-likeness (QED) is 0.818. The first-order valence-electron chi connectivity index (χ1n) is 7.30. The summed E-state index contributed by atoms with van der Waals surface area (Å²) in [5, 5.41) is 13.8. The van der Waals surface area contributed by atoms with Gasteiger partial charge < -0.3 is 20.1 Å². The number of hydrogen-bond donors (Lipinski definition) is 2. The molecule has 0 aliphatic carbocycles. The van der Waals surface area contributed by atoms with E-state index >= 15 is 0 Å². The Morgan fingerprint density at radius 1 is 1.40 bits per heavy atom. The molecular weight excluding hydrogens is 254 g/mol. The van der Waals surface area contributed by atoms with Crippen LogP contribution in [0.15, 0.2) is 18.3 Å². The molecule has 0 aromatic carbocycles. The van der Waals surface area contributed by atoms with Gasteiger partial charge in [0, 0.05) is 52.4 Å². The van der Waals surface area contributed by atoms with E-state index in [0.717, 1.165) is 18.9 Å². The molecule has 0 saturated carbocycles. The van der Waals surface area contributed by atoms with E-state index in [9.17, 15) is 5.11 Å². The number of likely N-dealkylation sites (N-methyl/N-ethyl adjacent to an activating group) is 1. The minimum atomic E-state index is -0.656. The highest BCUT2D eigenvalue weighted by atomic mass is 16.5. The molecule has 1 fully saturated rings. The predicted molar refractivity (Wildman–Crippen MR) is 79.9 cm³/mol. The van der Waals surface area contributed by atoms with E-state index in [1.54, 1.807) is 0 Å². The third-order valence-corrected chi connectivity index (χ3v) is 3.73. The van der Waals surface area contributed by atoms with Crippen molar-refractivity contribution in [3.8, 4) is 0 Å². The first-order chi connectivity index (χ1) is 9.63. The van der Waals surface area contributed by atoms with Gasteiger partial charge in [0.25, 0.3) is 0 Å². The molecule has 1 aromatic rings. The van der Waals surface area contributed by atoms with Crippen LogP contribution in [0.4, 0.5) is 5.82 Å². The minimum absolute atomic E-state index is 0.593. The van der Waals surface area contributed by atoms with Crippen LogP contribution in [0.3, 0.4) is 0 Å². The fraction of sp³-hybridized carbons (Fsp3) is 0.667. The maximum absolute atomic E-state index is 10.5. The van der Waals surface area contributed by atoms with Crippen LogP contribution >= 0.6 is 0 Å². The summed E-state index contributed by atoms with van der Waals surface area (Å²) in [7, 11) is 1.97. The molecule has 5 heteroatoms. The molecule has 2 heterocycles. The van der Waals surface area contributed by atoms with Crippen molar-refractivity contribution < 1.29 is 9.84 Å². The second-order valence-electron chi connectivity index (χ2n) is 5.50. The van der Waals surface area contributed by atoms with Gasteiger partial charge >= 0.3 is 0 Å². The number of aliphatic hydroxyl groups is 1. The third-order valence-electron chi connectivity index (χ3n) is 3.73. The highest BCUT2D eigenvalue weighted by molar-refractivity contribution is 5.38. The molecule has 1 aliphatic rings. The molecule has 2 rings (SSSR count). The van der Waals surface area contributed by atoms with Gasteiger partial charge in [0.1, 0.15) is 5.82 Å². The summed E-state index contributed by atoms with van der Waals surface area (Å²) >= 11 is 0. The lowest BCUT2D eigenvalue weighted by molar-refractivity contribution is -0.0573. The summed E-state index contributed by atoms with van der Waals surface area (Å²) in [5.74, 6) is 0.894. The molecule has 0 spiro atoms. The van der Waals surface area contributed by atoms with E-state index in [1.807, 2.05) is 24.2 Å². The van der Waals surface area contributed by atoms with E-state index in [4.69, 9.17) is 4.74 Å². The Labute approximate surface area is 121 Å². The predicted octanol–water partition coefficient (Wildman–Crippen LogP) is 1.17.